The number of aromatic nitrogens is 1. The molecule has 3 N–H and O–H groups in total. The van der Waals surface area contributed by atoms with Gasteiger partial charge in [0.05, 0.1) is 5.92 Å². The quantitative estimate of drug-likeness (QED) is 0.769. The van der Waals surface area contributed by atoms with Crippen LogP contribution in [0.5, 0.6) is 0 Å². The van der Waals surface area contributed by atoms with Crippen LogP contribution < -0.4 is 10.7 Å². The third-order valence-electron chi connectivity index (χ3n) is 3.70. The number of carbonyl (C=O) groups is 2. The van der Waals surface area contributed by atoms with E-state index in [1.807, 2.05) is 0 Å². The number of pyridine rings is 1. The van der Waals surface area contributed by atoms with Crippen LogP contribution in [0.2, 0.25) is 0 Å². The number of aliphatic carboxylic acids is 1. The van der Waals surface area contributed by atoms with Gasteiger partial charge in [0.15, 0.2) is 5.43 Å². The molecule has 1 aromatic heterocycles. The van der Waals surface area contributed by atoms with Crippen molar-refractivity contribution in [3.63, 3.8) is 0 Å². The van der Waals surface area contributed by atoms with Crippen LogP contribution in [0.25, 0.3) is 0 Å². The fraction of sp³-hybridized carbons (Fsp3) is 0.500. The first-order valence-corrected chi connectivity index (χ1v) is 6.72. The molecule has 2 atom stereocenters. The fourth-order valence-corrected chi connectivity index (χ4v) is 2.60. The Morgan fingerprint density at radius 2 is 2.05 bits per heavy atom. The first-order chi connectivity index (χ1) is 9.49. The highest BCUT2D eigenvalue weighted by molar-refractivity contribution is 5.94. The summed E-state index contributed by atoms with van der Waals surface area (Å²) in [4.78, 5) is 37.8. The summed E-state index contributed by atoms with van der Waals surface area (Å²) in [5.41, 5.74) is 0.333. The second-order valence-corrected chi connectivity index (χ2v) is 5.20. The Hall–Kier alpha value is -2.11. The highest BCUT2D eigenvalue weighted by atomic mass is 16.4. The minimum atomic E-state index is -0.896. The van der Waals surface area contributed by atoms with Gasteiger partial charge in [0, 0.05) is 24.0 Å². The predicted molar refractivity (Wildman–Crippen MR) is 72.6 cm³/mol. The van der Waals surface area contributed by atoms with Crippen LogP contribution >= 0.6 is 0 Å². The number of nitrogens with one attached hydrogen (secondary N) is 2. The Labute approximate surface area is 116 Å². The van der Waals surface area contributed by atoms with E-state index >= 15 is 0 Å². The van der Waals surface area contributed by atoms with Gasteiger partial charge in [0.1, 0.15) is 5.56 Å². The smallest absolute Gasteiger partial charge is 0.308 e. The maximum Gasteiger partial charge on any atom is 0.308 e. The van der Waals surface area contributed by atoms with E-state index in [0.717, 1.165) is 12.8 Å². The molecule has 1 heterocycles. The summed E-state index contributed by atoms with van der Waals surface area (Å²) in [5.74, 6) is -1.98. The number of aromatic amines is 1. The highest BCUT2D eigenvalue weighted by Gasteiger charge is 2.32. The van der Waals surface area contributed by atoms with Crippen molar-refractivity contribution in [2.45, 2.75) is 38.6 Å². The van der Waals surface area contributed by atoms with Gasteiger partial charge >= 0.3 is 5.97 Å². The van der Waals surface area contributed by atoms with Crippen molar-refractivity contribution >= 4 is 11.9 Å². The zero-order valence-electron chi connectivity index (χ0n) is 11.3. The van der Waals surface area contributed by atoms with Gasteiger partial charge in [0.25, 0.3) is 5.91 Å². The lowest BCUT2D eigenvalue weighted by Gasteiger charge is -2.29. The van der Waals surface area contributed by atoms with E-state index in [4.69, 9.17) is 5.11 Å². The zero-order valence-corrected chi connectivity index (χ0v) is 11.3. The van der Waals surface area contributed by atoms with Gasteiger partial charge in [-0.2, -0.15) is 0 Å². The molecule has 1 saturated carbocycles. The van der Waals surface area contributed by atoms with Crippen molar-refractivity contribution in [3.05, 3.63) is 33.7 Å². The molecule has 1 aliphatic carbocycles. The minimum absolute atomic E-state index is 0.0188. The van der Waals surface area contributed by atoms with Gasteiger partial charge in [0.2, 0.25) is 0 Å². The maximum atomic E-state index is 12.1. The van der Waals surface area contributed by atoms with Crippen molar-refractivity contribution in [2.24, 2.45) is 5.92 Å². The second-order valence-electron chi connectivity index (χ2n) is 5.20. The topological polar surface area (TPSA) is 99.3 Å². The lowest BCUT2D eigenvalue weighted by atomic mass is 9.84. The summed E-state index contributed by atoms with van der Waals surface area (Å²) in [6.45, 7) is 1.73. The third-order valence-corrected chi connectivity index (χ3v) is 3.70. The minimum Gasteiger partial charge on any atom is -0.481 e. The van der Waals surface area contributed by atoms with Crippen molar-refractivity contribution in [1.29, 1.82) is 0 Å². The molecule has 6 nitrogen and oxygen atoms in total. The molecule has 1 aliphatic rings. The lowest BCUT2D eigenvalue weighted by Crippen LogP contribution is -2.46. The normalized spacial score (nSPS) is 22.2. The van der Waals surface area contributed by atoms with Crippen LogP contribution in [0.3, 0.4) is 0 Å². The summed E-state index contributed by atoms with van der Waals surface area (Å²) < 4.78 is 0. The van der Waals surface area contributed by atoms with Crippen LogP contribution in [-0.2, 0) is 4.79 Å². The van der Waals surface area contributed by atoms with Gasteiger partial charge in [-0.3, -0.25) is 14.4 Å². The molecule has 6 heteroatoms. The molecule has 0 aliphatic heterocycles. The van der Waals surface area contributed by atoms with Gasteiger partial charge < -0.3 is 15.4 Å². The van der Waals surface area contributed by atoms with Crippen molar-refractivity contribution in [3.8, 4) is 0 Å². The molecule has 1 fully saturated rings. The molecule has 0 radical (unpaired) electrons. The van der Waals surface area contributed by atoms with Crippen LogP contribution in [-0.4, -0.2) is 28.0 Å². The Morgan fingerprint density at radius 3 is 2.70 bits per heavy atom. The van der Waals surface area contributed by atoms with Crippen LogP contribution in [0.15, 0.2) is 17.1 Å². The number of hydrogen-bond donors (Lipinski definition) is 3. The number of hydrogen-bond acceptors (Lipinski definition) is 3. The molecule has 0 spiro atoms. The molecule has 1 aromatic rings. The van der Waals surface area contributed by atoms with Gasteiger partial charge in [-0.15, -0.1) is 0 Å². The first-order valence-electron chi connectivity index (χ1n) is 6.72. The monoisotopic (exact) mass is 278 g/mol. The van der Waals surface area contributed by atoms with Crippen LogP contribution in [0.4, 0.5) is 0 Å². The highest BCUT2D eigenvalue weighted by Crippen LogP contribution is 2.24. The predicted octanol–water partition coefficient (Wildman–Crippen LogP) is 1.06. The van der Waals surface area contributed by atoms with E-state index in [0.29, 0.717) is 18.5 Å². The molecule has 2 rings (SSSR count). The van der Waals surface area contributed by atoms with Gasteiger partial charge in [-0.25, -0.2) is 0 Å². The number of rotatable bonds is 3. The molecule has 0 saturated heterocycles. The first kappa shape index (κ1) is 14.3. The number of amides is 1. The largest absolute Gasteiger partial charge is 0.481 e. The average Bonchev–Trinajstić information content (AvgIpc) is 2.38. The van der Waals surface area contributed by atoms with E-state index < -0.39 is 23.8 Å². The second kappa shape index (κ2) is 5.90. The summed E-state index contributed by atoms with van der Waals surface area (Å²) in [7, 11) is 0. The van der Waals surface area contributed by atoms with Crippen LogP contribution in [0, 0.1) is 12.8 Å². The number of carboxylic acids is 1. The molecular formula is C14H18N2O4. The summed E-state index contributed by atoms with van der Waals surface area (Å²) >= 11 is 0. The SMILES string of the molecule is Cc1cc(=O)c(C(=O)NC2CCCCC2C(=O)O)c[nH]1. The Balaban J connectivity index is 2.13. The van der Waals surface area contributed by atoms with Crippen molar-refractivity contribution < 1.29 is 14.7 Å². The average molecular weight is 278 g/mol. The Kier molecular flexibility index (Phi) is 4.22. The molecule has 1 amide bonds. The molecule has 108 valence electrons. The Morgan fingerprint density at radius 1 is 1.35 bits per heavy atom. The summed E-state index contributed by atoms with van der Waals surface area (Å²) in [5, 5.41) is 11.9. The summed E-state index contributed by atoms with van der Waals surface area (Å²) in [6, 6.07) is 0.944. The van der Waals surface area contributed by atoms with E-state index in [-0.39, 0.29) is 11.0 Å². The van der Waals surface area contributed by atoms with Crippen LogP contribution in [0.1, 0.15) is 41.7 Å². The number of carboxylic acid groups (broad SMARTS) is 1. The number of aryl methyl sites for hydroxylation is 1. The van der Waals surface area contributed by atoms with E-state index in [1.165, 1.54) is 12.3 Å². The Bertz CT molecular complexity index is 579. The number of carbonyl (C=O) groups excluding carboxylic acids is 1. The maximum absolute atomic E-state index is 12.1. The van der Waals surface area contributed by atoms with E-state index in [1.54, 1.807) is 6.92 Å². The van der Waals surface area contributed by atoms with E-state index in [2.05, 4.69) is 10.3 Å². The lowest BCUT2D eigenvalue weighted by molar-refractivity contribution is -0.143. The standard InChI is InChI=1S/C14H18N2O4/c1-8-6-12(17)10(7-15-8)13(18)16-11-5-3-2-4-9(11)14(19)20/h6-7,9,11H,2-5H2,1H3,(H,15,17)(H,16,18)(H,19,20). The molecular weight excluding hydrogens is 260 g/mol. The summed E-state index contributed by atoms with van der Waals surface area (Å²) in [6.07, 6.45) is 4.30. The molecule has 0 aromatic carbocycles. The molecule has 20 heavy (non-hydrogen) atoms. The zero-order chi connectivity index (χ0) is 14.7. The fourth-order valence-electron chi connectivity index (χ4n) is 2.60. The third kappa shape index (κ3) is 3.07. The van der Waals surface area contributed by atoms with Crippen molar-refractivity contribution in [2.75, 3.05) is 0 Å². The van der Waals surface area contributed by atoms with Gasteiger partial charge in [-0.05, 0) is 19.8 Å². The molecule has 0 bridgehead atoms. The van der Waals surface area contributed by atoms with E-state index in [9.17, 15) is 14.4 Å². The van der Waals surface area contributed by atoms with Crippen molar-refractivity contribution in [1.82, 2.24) is 10.3 Å². The van der Waals surface area contributed by atoms with Gasteiger partial charge in [-0.1, -0.05) is 12.8 Å². The molecule has 2 unspecified atom stereocenters. The number of H-pyrrole nitrogens is 1.